The van der Waals surface area contributed by atoms with Crippen molar-refractivity contribution in [3.05, 3.63) is 118 Å². The molecular formula is C29H24N2O6S2. The summed E-state index contributed by atoms with van der Waals surface area (Å²) in [6.07, 6.45) is 1.60. The Kier molecular flexibility index (Phi) is 6.61. The highest BCUT2D eigenvalue weighted by atomic mass is 32.3. The third-order valence-corrected chi connectivity index (χ3v) is 10.5. The number of benzene rings is 3. The second-order valence-electron chi connectivity index (χ2n) is 9.14. The molecule has 0 aliphatic heterocycles. The number of aromatic nitrogens is 1. The molecule has 39 heavy (non-hydrogen) atoms. The number of hydrogen-bond acceptors (Lipinski definition) is 7. The van der Waals surface area contributed by atoms with Gasteiger partial charge in [0.25, 0.3) is 20.0 Å². The first-order valence-corrected chi connectivity index (χ1v) is 14.8. The molecule has 3 aromatic carbocycles. The maximum atomic E-state index is 13.9. The summed E-state index contributed by atoms with van der Waals surface area (Å²) in [6, 6.07) is 20.9. The number of hydrogen-bond donors (Lipinski definition) is 0. The molecule has 0 aliphatic carbocycles. The van der Waals surface area contributed by atoms with Crippen molar-refractivity contribution in [3.63, 3.8) is 0 Å². The molecule has 0 amide bonds. The van der Waals surface area contributed by atoms with Crippen molar-refractivity contribution < 1.29 is 21.3 Å². The van der Waals surface area contributed by atoms with Gasteiger partial charge in [-0.15, -0.1) is 0 Å². The van der Waals surface area contributed by atoms with Crippen LogP contribution < -0.4 is 9.34 Å². The highest BCUT2D eigenvalue weighted by Gasteiger charge is 2.37. The van der Waals surface area contributed by atoms with Crippen LogP contribution in [0.15, 0.2) is 110 Å². The Bertz CT molecular complexity index is 1910. The van der Waals surface area contributed by atoms with Crippen molar-refractivity contribution in [2.45, 2.75) is 30.6 Å². The van der Waals surface area contributed by atoms with Crippen LogP contribution in [0.2, 0.25) is 0 Å². The first-order valence-electron chi connectivity index (χ1n) is 11.9. The molecule has 0 bridgehead atoms. The van der Waals surface area contributed by atoms with Crippen molar-refractivity contribution in [1.82, 2.24) is 4.98 Å². The number of sulfonamides is 2. The van der Waals surface area contributed by atoms with Crippen LogP contribution in [0.1, 0.15) is 16.8 Å². The third-order valence-electron chi connectivity index (χ3n) is 6.30. The van der Waals surface area contributed by atoms with Crippen LogP contribution in [0.4, 0.5) is 5.69 Å². The summed E-state index contributed by atoms with van der Waals surface area (Å²) < 4.78 is 61.6. The van der Waals surface area contributed by atoms with Crippen molar-refractivity contribution in [1.29, 1.82) is 0 Å². The Morgan fingerprint density at radius 3 is 1.79 bits per heavy atom. The Morgan fingerprint density at radius 1 is 0.692 bits per heavy atom. The molecule has 0 aliphatic rings. The molecule has 0 fully saturated rings. The Hall–Kier alpha value is -4.28. The van der Waals surface area contributed by atoms with Gasteiger partial charge in [-0.1, -0.05) is 41.5 Å². The fourth-order valence-corrected chi connectivity index (χ4v) is 7.87. The largest absolute Gasteiger partial charge is 0.422 e. The molecule has 0 atom stereocenters. The normalized spacial score (nSPS) is 12.0. The summed E-state index contributed by atoms with van der Waals surface area (Å²) in [6.45, 7) is 5.35. The van der Waals surface area contributed by atoms with Gasteiger partial charge >= 0.3 is 5.63 Å². The van der Waals surface area contributed by atoms with Crippen LogP contribution in [-0.4, -0.2) is 21.8 Å². The van der Waals surface area contributed by atoms with Gasteiger partial charge in [0.15, 0.2) is 0 Å². The van der Waals surface area contributed by atoms with E-state index in [0.717, 1.165) is 11.1 Å². The number of rotatable bonds is 6. The van der Waals surface area contributed by atoms with Crippen LogP contribution >= 0.6 is 0 Å². The predicted molar refractivity (Wildman–Crippen MR) is 150 cm³/mol. The fourth-order valence-electron chi connectivity index (χ4n) is 4.20. The second-order valence-corrected chi connectivity index (χ2v) is 12.9. The van der Waals surface area contributed by atoms with Crippen LogP contribution in [0.25, 0.3) is 22.1 Å². The fraction of sp³-hybridized carbons (Fsp3) is 0.103. The molecule has 2 aromatic heterocycles. The minimum atomic E-state index is -4.59. The number of fused-ring (bicyclic) bond motifs is 1. The topological polar surface area (TPSA) is 115 Å². The third kappa shape index (κ3) is 4.84. The van der Waals surface area contributed by atoms with Crippen LogP contribution in [0, 0.1) is 20.8 Å². The minimum Gasteiger partial charge on any atom is -0.422 e. The minimum absolute atomic E-state index is 0.133. The highest BCUT2D eigenvalue weighted by Crippen LogP contribution is 2.34. The van der Waals surface area contributed by atoms with E-state index in [1.54, 1.807) is 69.4 Å². The number of aryl methyl sites for hydroxylation is 3. The van der Waals surface area contributed by atoms with Gasteiger partial charge in [0.05, 0.1) is 21.0 Å². The smallest absolute Gasteiger partial charge is 0.344 e. The van der Waals surface area contributed by atoms with Gasteiger partial charge in [-0.25, -0.2) is 21.6 Å². The van der Waals surface area contributed by atoms with Gasteiger partial charge in [0, 0.05) is 22.8 Å². The molecule has 8 nitrogen and oxygen atoms in total. The lowest BCUT2D eigenvalue weighted by molar-refractivity contribution is 0.563. The molecule has 0 saturated carbocycles. The first kappa shape index (κ1) is 26.3. The Morgan fingerprint density at radius 2 is 1.26 bits per heavy atom. The van der Waals surface area contributed by atoms with Crippen molar-refractivity contribution in [3.8, 4) is 11.1 Å². The zero-order chi connectivity index (χ0) is 27.9. The molecule has 0 unspecified atom stereocenters. The molecule has 5 aromatic rings. The zero-order valence-corrected chi connectivity index (χ0v) is 23.0. The van der Waals surface area contributed by atoms with Crippen molar-refractivity contribution in [2.75, 3.05) is 3.71 Å². The van der Waals surface area contributed by atoms with Crippen LogP contribution in [-0.2, 0) is 20.0 Å². The summed E-state index contributed by atoms with van der Waals surface area (Å²) in [5.41, 5.74) is 2.46. The lowest BCUT2D eigenvalue weighted by atomic mass is 10.0. The van der Waals surface area contributed by atoms with Gasteiger partial charge in [-0.05, 0) is 75.4 Å². The molecule has 0 spiro atoms. The maximum Gasteiger partial charge on any atom is 0.344 e. The van der Waals surface area contributed by atoms with Gasteiger partial charge in [-0.2, -0.15) is 3.71 Å². The predicted octanol–water partition coefficient (Wildman–Crippen LogP) is 5.36. The highest BCUT2D eigenvalue weighted by molar-refractivity contribution is 8.10. The molecule has 10 heteroatoms. The Balaban J connectivity index is 1.76. The van der Waals surface area contributed by atoms with E-state index in [9.17, 15) is 21.6 Å². The number of anilines is 1. The van der Waals surface area contributed by atoms with Gasteiger partial charge < -0.3 is 4.42 Å². The number of pyridine rings is 1. The van der Waals surface area contributed by atoms with Gasteiger partial charge in [-0.3, -0.25) is 4.98 Å². The zero-order valence-electron chi connectivity index (χ0n) is 21.3. The lowest BCUT2D eigenvalue weighted by Crippen LogP contribution is -2.37. The molecule has 0 radical (unpaired) electrons. The standard InChI is InChI=1S/C29H24N2O6S2/c1-19-6-11-24(12-7-19)38(33,34)31(39(35,36)25-13-8-20(2)9-14-25)23-10-15-28-22(17-23)18-27(29(32)37-28)26-5-4-16-30-21(26)3/h4-18H,1-3H3. The van der Waals surface area contributed by atoms with E-state index in [0.29, 0.717) is 20.4 Å². The van der Waals surface area contributed by atoms with Crippen molar-refractivity contribution >= 4 is 36.7 Å². The van der Waals surface area contributed by atoms with Crippen LogP contribution in [0.5, 0.6) is 0 Å². The molecule has 5 rings (SSSR count). The molecule has 2 heterocycles. The van der Waals surface area contributed by atoms with E-state index in [1.165, 1.54) is 42.5 Å². The number of nitrogens with zero attached hydrogens (tertiary/aromatic N) is 2. The SMILES string of the molecule is Cc1ccc(S(=O)(=O)N(c2ccc3oc(=O)c(-c4cccnc4C)cc3c2)S(=O)(=O)c2ccc(C)cc2)cc1. The molecule has 0 N–H and O–H groups in total. The monoisotopic (exact) mass is 560 g/mol. The molecular weight excluding hydrogens is 536 g/mol. The van der Waals surface area contributed by atoms with E-state index >= 15 is 0 Å². The van der Waals surface area contributed by atoms with Crippen molar-refractivity contribution in [2.24, 2.45) is 0 Å². The quantitative estimate of drug-likeness (QED) is 0.257. The van der Waals surface area contributed by atoms with Gasteiger partial charge in [0.1, 0.15) is 5.58 Å². The van der Waals surface area contributed by atoms with E-state index in [4.69, 9.17) is 4.42 Å². The molecule has 198 valence electrons. The molecule has 0 saturated heterocycles. The Labute approximate surface area is 226 Å². The first-order chi connectivity index (χ1) is 18.5. The van der Waals surface area contributed by atoms with Crippen LogP contribution in [0.3, 0.4) is 0 Å². The van der Waals surface area contributed by atoms with E-state index in [-0.39, 0.29) is 26.6 Å². The van der Waals surface area contributed by atoms with E-state index in [2.05, 4.69) is 4.98 Å². The maximum absolute atomic E-state index is 13.9. The average Bonchev–Trinajstić information content (AvgIpc) is 2.89. The summed E-state index contributed by atoms with van der Waals surface area (Å²) in [5, 5.41) is 0.341. The van der Waals surface area contributed by atoms with Gasteiger partial charge in [0.2, 0.25) is 0 Å². The van der Waals surface area contributed by atoms with E-state index < -0.39 is 25.7 Å². The lowest BCUT2D eigenvalue weighted by Gasteiger charge is -2.24. The summed E-state index contributed by atoms with van der Waals surface area (Å²) in [5.74, 6) is 0. The summed E-state index contributed by atoms with van der Waals surface area (Å²) in [7, 11) is -9.18. The second kappa shape index (κ2) is 9.79. The summed E-state index contributed by atoms with van der Waals surface area (Å²) in [4.78, 5) is 16.6. The van der Waals surface area contributed by atoms with E-state index in [1.807, 2.05) is 0 Å². The summed E-state index contributed by atoms with van der Waals surface area (Å²) >= 11 is 0. The average molecular weight is 561 g/mol.